The first-order chi connectivity index (χ1) is 13.9. The fourth-order valence-electron chi connectivity index (χ4n) is 3.40. The van der Waals surface area contributed by atoms with Crippen molar-refractivity contribution in [1.29, 1.82) is 0 Å². The van der Waals surface area contributed by atoms with E-state index in [4.69, 9.17) is 0 Å². The first-order valence-electron chi connectivity index (χ1n) is 9.69. The summed E-state index contributed by atoms with van der Waals surface area (Å²) in [7, 11) is 1.89. The van der Waals surface area contributed by atoms with E-state index < -0.39 is 11.9 Å². The van der Waals surface area contributed by atoms with Gasteiger partial charge < -0.3 is 15.7 Å². The van der Waals surface area contributed by atoms with Crippen molar-refractivity contribution in [1.82, 2.24) is 24.7 Å². The minimum atomic E-state index is -1.10. The minimum absolute atomic E-state index is 0.0978. The molecule has 2 aromatic heterocycles. The lowest BCUT2D eigenvalue weighted by molar-refractivity contribution is 0.165. The first kappa shape index (κ1) is 19.3. The molecule has 0 saturated carbocycles. The summed E-state index contributed by atoms with van der Waals surface area (Å²) < 4.78 is 16.3. The van der Waals surface area contributed by atoms with E-state index in [1.807, 2.05) is 39.1 Å². The maximum Gasteiger partial charge on any atom is 0.232 e. The Morgan fingerprint density at radius 2 is 2.00 bits per heavy atom. The lowest BCUT2D eigenvalue weighted by Crippen LogP contribution is -2.18. The van der Waals surface area contributed by atoms with Crippen LogP contribution in [-0.4, -0.2) is 42.0 Å². The topological polar surface area (TPSA) is 101 Å². The Kier molecular flexibility index (Phi) is 5.14. The molecule has 4 rings (SSSR count). The van der Waals surface area contributed by atoms with Gasteiger partial charge in [0.15, 0.2) is 5.82 Å². The van der Waals surface area contributed by atoms with Crippen molar-refractivity contribution in [3.63, 3.8) is 0 Å². The number of nitrogens with one attached hydrogen (secondary N) is 2. The van der Waals surface area contributed by atoms with E-state index >= 15 is 0 Å². The highest BCUT2D eigenvalue weighted by Gasteiger charge is 2.25. The van der Waals surface area contributed by atoms with Crippen LogP contribution < -0.4 is 10.6 Å². The van der Waals surface area contributed by atoms with Crippen molar-refractivity contribution >= 4 is 34.1 Å². The van der Waals surface area contributed by atoms with E-state index in [1.165, 1.54) is 0 Å². The van der Waals surface area contributed by atoms with Crippen molar-refractivity contribution in [3.8, 4) is 0 Å². The second-order valence-electron chi connectivity index (χ2n) is 7.51. The molecular weight excluding hydrogens is 373 g/mol. The fourth-order valence-corrected chi connectivity index (χ4v) is 3.40. The van der Waals surface area contributed by atoms with Gasteiger partial charge in [-0.2, -0.15) is 20.1 Å². The van der Waals surface area contributed by atoms with E-state index in [0.717, 1.165) is 16.6 Å². The Labute approximate surface area is 167 Å². The normalized spacial score (nSPS) is 17.2. The number of aliphatic hydroxyl groups is 1. The van der Waals surface area contributed by atoms with Gasteiger partial charge >= 0.3 is 0 Å². The molecule has 0 amide bonds. The number of hydrogen-bond donors (Lipinski definition) is 3. The van der Waals surface area contributed by atoms with Crippen LogP contribution in [0.5, 0.6) is 0 Å². The lowest BCUT2D eigenvalue weighted by Gasteiger charge is -2.20. The summed E-state index contributed by atoms with van der Waals surface area (Å²) in [5, 5.41) is 21.4. The number of aryl methyl sites for hydroxylation is 1. The van der Waals surface area contributed by atoms with E-state index in [2.05, 4.69) is 30.7 Å². The largest absolute Gasteiger partial charge is 0.386 e. The lowest BCUT2D eigenvalue weighted by atomic mass is 9.96. The highest BCUT2D eigenvalue weighted by molar-refractivity contribution is 5.83. The number of benzene rings is 1. The molecule has 0 fully saturated rings. The second kappa shape index (κ2) is 7.75. The van der Waals surface area contributed by atoms with Gasteiger partial charge in [0, 0.05) is 29.7 Å². The number of allylic oxidation sites excluding steroid dienone is 1. The molecule has 0 aliphatic heterocycles. The summed E-state index contributed by atoms with van der Waals surface area (Å²) in [6.07, 6.45) is 2.27. The van der Waals surface area contributed by atoms with Crippen molar-refractivity contribution < 1.29 is 9.50 Å². The molecule has 29 heavy (non-hydrogen) atoms. The van der Waals surface area contributed by atoms with Gasteiger partial charge in [0.05, 0.1) is 11.7 Å². The Hall–Kier alpha value is -3.07. The number of hydrogen-bond acceptors (Lipinski definition) is 7. The summed E-state index contributed by atoms with van der Waals surface area (Å²) in [4.78, 5) is 13.2. The Morgan fingerprint density at radius 1 is 1.21 bits per heavy atom. The summed E-state index contributed by atoms with van der Waals surface area (Å²) in [6, 6.07) is 5.92. The first-order valence-corrected chi connectivity index (χ1v) is 9.69. The van der Waals surface area contributed by atoms with Gasteiger partial charge in [0.1, 0.15) is 11.9 Å². The van der Waals surface area contributed by atoms with Crippen LogP contribution >= 0.6 is 0 Å². The molecule has 1 unspecified atom stereocenters. The van der Waals surface area contributed by atoms with Gasteiger partial charge in [-0.3, -0.25) is 4.68 Å². The standard InChI is InChI=1S/C20H24FN7O/c1-11(2)23-19-25-18(14-5-4-6-16(29)17(14)21)26-20(27-19)24-13-7-8-15-12(9-13)10-22-28(15)3/h7-11,16,29H,4-6H2,1-3H3,(H2,23,24,25,26,27). The molecule has 1 aliphatic carbocycles. The molecule has 8 nitrogen and oxygen atoms in total. The third kappa shape index (κ3) is 4.04. The van der Waals surface area contributed by atoms with Gasteiger partial charge in [-0.25, -0.2) is 4.39 Å². The molecule has 0 spiro atoms. The van der Waals surface area contributed by atoms with E-state index in [-0.39, 0.29) is 11.9 Å². The second-order valence-corrected chi connectivity index (χ2v) is 7.51. The summed E-state index contributed by atoms with van der Waals surface area (Å²) in [5.41, 5.74) is 2.14. The summed E-state index contributed by atoms with van der Waals surface area (Å²) in [5.74, 6) is 0.349. The number of fused-ring (bicyclic) bond motifs is 1. The number of halogens is 1. The third-order valence-electron chi connectivity index (χ3n) is 4.81. The Balaban J connectivity index is 1.72. The highest BCUT2D eigenvalue weighted by atomic mass is 19.1. The summed E-state index contributed by atoms with van der Waals surface area (Å²) in [6.45, 7) is 3.94. The minimum Gasteiger partial charge on any atom is -0.386 e. The molecule has 2 heterocycles. The zero-order chi connectivity index (χ0) is 20.5. The van der Waals surface area contributed by atoms with E-state index in [0.29, 0.717) is 36.7 Å². The number of aliphatic hydroxyl groups excluding tert-OH is 1. The Bertz CT molecular complexity index is 1080. The van der Waals surface area contributed by atoms with Gasteiger partial charge in [0.25, 0.3) is 0 Å². The summed E-state index contributed by atoms with van der Waals surface area (Å²) >= 11 is 0. The average molecular weight is 397 g/mol. The maximum atomic E-state index is 14.5. The Morgan fingerprint density at radius 3 is 2.79 bits per heavy atom. The van der Waals surface area contributed by atoms with Crippen molar-refractivity contribution in [2.75, 3.05) is 10.6 Å². The van der Waals surface area contributed by atoms with Crippen molar-refractivity contribution in [3.05, 3.63) is 36.0 Å². The number of aromatic nitrogens is 5. The monoisotopic (exact) mass is 397 g/mol. The SMILES string of the molecule is CC(C)Nc1nc(Nc2ccc3c(cnn3C)c2)nc(C2=C(F)C(O)CCC2)n1. The molecule has 152 valence electrons. The maximum absolute atomic E-state index is 14.5. The molecule has 0 bridgehead atoms. The van der Waals surface area contributed by atoms with Gasteiger partial charge in [0.2, 0.25) is 11.9 Å². The zero-order valence-electron chi connectivity index (χ0n) is 16.6. The van der Waals surface area contributed by atoms with Crippen LogP contribution in [0.4, 0.5) is 22.0 Å². The van der Waals surface area contributed by atoms with Crippen LogP contribution in [-0.2, 0) is 7.05 Å². The van der Waals surface area contributed by atoms with Crippen LogP contribution in [0.15, 0.2) is 30.2 Å². The average Bonchev–Trinajstić information content (AvgIpc) is 3.03. The van der Waals surface area contributed by atoms with Crippen LogP contribution in [0.2, 0.25) is 0 Å². The molecular formula is C20H24FN7O. The molecule has 1 atom stereocenters. The van der Waals surface area contributed by atoms with Crippen molar-refractivity contribution in [2.24, 2.45) is 7.05 Å². The zero-order valence-corrected chi connectivity index (χ0v) is 16.6. The molecule has 9 heteroatoms. The van der Waals surface area contributed by atoms with Crippen LogP contribution in [0, 0.1) is 0 Å². The van der Waals surface area contributed by atoms with Crippen LogP contribution in [0.3, 0.4) is 0 Å². The fraction of sp³-hybridized carbons (Fsp3) is 0.400. The predicted molar refractivity (Wildman–Crippen MR) is 110 cm³/mol. The highest BCUT2D eigenvalue weighted by Crippen LogP contribution is 2.32. The van der Waals surface area contributed by atoms with Crippen molar-refractivity contribution in [2.45, 2.75) is 45.3 Å². The van der Waals surface area contributed by atoms with E-state index in [9.17, 15) is 9.50 Å². The third-order valence-corrected chi connectivity index (χ3v) is 4.81. The van der Waals surface area contributed by atoms with Crippen LogP contribution in [0.25, 0.3) is 16.5 Å². The van der Waals surface area contributed by atoms with Gasteiger partial charge in [-0.1, -0.05) is 0 Å². The molecule has 1 aliphatic rings. The van der Waals surface area contributed by atoms with Gasteiger partial charge in [-0.15, -0.1) is 0 Å². The number of rotatable bonds is 5. The smallest absolute Gasteiger partial charge is 0.232 e. The van der Waals surface area contributed by atoms with E-state index in [1.54, 1.807) is 10.9 Å². The molecule has 0 saturated heterocycles. The molecule has 3 aromatic rings. The number of anilines is 3. The molecule has 1 aromatic carbocycles. The molecule has 0 radical (unpaired) electrons. The number of nitrogens with zero attached hydrogens (tertiary/aromatic N) is 5. The van der Waals surface area contributed by atoms with Crippen LogP contribution in [0.1, 0.15) is 38.9 Å². The predicted octanol–water partition coefficient (Wildman–Crippen LogP) is 3.55. The quantitative estimate of drug-likeness (QED) is 0.605. The van der Waals surface area contributed by atoms with Gasteiger partial charge in [-0.05, 0) is 51.3 Å². The molecule has 3 N–H and O–H groups in total.